The number of rotatable bonds is 2. The van der Waals surface area contributed by atoms with E-state index in [2.05, 4.69) is 5.16 Å². The first kappa shape index (κ1) is 9.63. The van der Waals surface area contributed by atoms with Gasteiger partial charge in [-0.2, -0.15) is 12.7 Å². The number of aromatic nitrogens is 1. The first-order valence-corrected chi connectivity index (χ1v) is 5.76. The van der Waals surface area contributed by atoms with Crippen molar-refractivity contribution < 1.29 is 12.9 Å². The van der Waals surface area contributed by atoms with Crippen LogP contribution in [0.15, 0.2) is 16.8 Å². The minimum absolute atomic E-state index is 0.0795. The number of nitrogens with two attached hydrogens (primary N) is 1. The van der Waals surface area contributed by atoms with Gasteiger partial charge in [0, 0.05) is 25.1 Å². The third kappa shape index (κ3) is 1.79. The van der Waals surface area contributed by atoms with Crippen molar-refractivity contribution in [2.45, 2.75) is 12.3 Å². The Bertz CT molecular complexity index is 400. The average molecular weight is 217 g/mol. The summed E-state index contributed by atoms with van der Waals surface area (Å²) in [7, 11) is -3.56. The van der Waals surface area contributed by atoms with E-state index < -0.39 is 10.2 Å². The summed E-state index contributed by atoms with van der Waals surface area (Å²) in [4.78, 5) is 0. The molecule has 0 saturated carbocycles. The molecule has 1 atom stereocenters. The van der Waals surface area contributed by atoms with Gasteiger partial charge in [-0.25, -0.2) is 5.14 Å². The lowest BCUT2D eigenvalue weighted by Crippen LogP contribution is -2.34. The van der Waals surface area contributed by atoms with E-state index in [1.165, 1.54) is 4.31 Å². The monoisotopic (exact) mass is 217 g/mol. The van der Waals surface area contributed by atoms with E-state index in [0.29, 0.717) is 13.1 Å². The van der Waals surface area contributed by atoms with Crippen molar-refractivity contribution in [2.24, 2.45) is 5.14 Å². The largest absolute Gasteiger partial charge is 0.361 e. The fraction of sp³-hybridized carbons (Fsp3) is 0.571. The molecule has 1 saturated heterocycles. The van der Waals surface area contributed by atoms with Crippen LogP contribution in [-0.4, -0.2) is 31.0 Å². The van der Waals surface area contributed by atoms with Crippen molar-refractivity contribution in [3.8, 4) is 0 Å². The van der Waals surface area contributed by atoms with E-state index >= 15 is 0 Å². The molecule has 0 aromatic carbocycles. The highest BCUT2D eigenvalue weighted by Crippen LogP contribution is 2.27. The third-order valence-electron chi connectivity index (χ3n) is 2.37. The van der Waals surface area contributed by atoms with Crippen LogP contribution < -0.4 is 5.14 Å². The second-order valence-electron chi connectivity index (χ2n) is 3.30. The zero-order valence-electron chi connectivity index (χ0n) is 7.46. The molecule has 14 heavy (non-hydrogen) atoms. The molecule has 1 fully saturated rings. The molecule has 6 nitrogen and oxygen atoms in total. The smallest absolute Gasteiger partial charge is 0.276 e. The molecule has 1 aliphatic rings. The van der Waals surface area contributed by atoms with Gasteiger partial charge in [-0.1, -0.05) is 5.16 Å². The van der Waals surface area contributed by atoms with Gasteiger partial charge in [0.05, 0.1) is 6.20 Å². The molecule has 0 bridgehead atoms. The molecule has 2 N–H and O–H groups in total. The maximum Gasteiger partial charge on any atom is 0.276 e. The number of hydrogen-bond donors (Lipinski definition) is 1. The van der Waals surface area contributed by atoms with Crippen LogP contribution in [0.25, 0.3) is 0 Å². The Labute approximate surface area is 81.8 Å². The lowest BCUT2D eigenvalue weighted by molar-refractivity contribution is 0.360. The second kappa shape index (κ2) is 3.34. The van der Waals surface area contributed by atoms with Crippen LogP contribution in [0.1, 0.15) is 18.1 Å². The van der Waals surface area contributed by atoms with Crippen molar-refractivity contribution in [1.29, 1.82) is 0 Å². The fourth-order valence-corrected chi connectivity index (χ4v) is 2.38. The summed E-state index contributed by atoms with van der Waals surface area (Å²) in [6.45, 7) is 0.832. The van der Waals surface area contributed by atoms with Gasteiger partial charge in [0.1, 0.15) is 5.76 Å². The van der Waals surface area contributed by atoms with Gasteiger partial charge in [-0.05, 0) is 6.42 Å². The van der Waals surface area contributed by atoms with Gasteiger partial charge in [-0.3, -0.25) is 0 Å². The Balaban J connectivity index is 2.10. The third-order valence-corrected chi connectivity index (χ3v) is 3.42. The van der Waals surface area contributed by atoms with Crippen molar-refractivity contribution >= 4 is 10.2 Å². The maximum atomic E-state index is 11.0. The van der Waals surface area contributed by atoms with E-state index in [4.69, 9.17) is 9.66 Å². The molecule has 2 rings (SSSR count). The maximum absolute atomic E-state index is 11.0. The van der Waals surface area contributed by atoms with Crippen LogP contribution in [0, 0.1) is 0 Å². The van der Waals surface area contributed by atoms with E-state index in [-0.39, 0.29) is 5.92 Å². The minimum Gasteiger partial charge on any atom is -0.361 e. The summed E-state index contributed by atoms with van der Waals surface area (Å²) in [6.07, 6.45) is 2.28. The molecule has 1 aromatic rings. The highest BCUT2D eigenvalue weighted by Gasteiger charge is 2.31. The van der Waals surface area contributed by atoms with Gasteiger partial charge in [-0.15, -0.1) is 0 Å². The minimum atomic E-state index is -3.56. The fourth-order valence-electron chi connectivity index (χ4n) is 1.63. The molecule has 1 unspecified atom stereocenters. The first-order chi connectivity index (χ1) is 6.57. The van der Waals surface area contributed by atoms with E-state index in [1.807, 2.05) is 0 Å². The van der Waals surface area contributed by atoms with Crippen LogP contribution in [0.2, 0.25) is 0 Å². The van der Waals surface area contributed by atoms with Gasteiger partial charge in [0.25, 0.3) is 10.2 Å². The van der Waals surface area contributed by atoms with Crippen LogP contribution in [0.5, 0.6) is 0 Å². The molecule has 1 aromatic heterocycles. The van der Waals surface area contributed by atoms with Gasteiger partial charge >= 0.3 is 0 Å². The lowest BCUT2D eigenvalue weighted by atomic mass is 10.1. The molecule has 0 aliphatic carbocycles. The topological polar surface area (TPSA) is 89.4 Å². The van der Waals surface area contributed by atoms with Crippen LogP contribution in [0.4, 0.5) is 0 Å². The molecular weight excluding hydrogens is 206 g/mol. The Morgan fingerprint density at radius 2 is 2.43 bits per heavy atom. The lowest BCUT2D eigenvalue weighted by Gasteiger charge is -2.10. The summed E-state index contributed by atoms with van der Waals surface area (Å²) in [6, 6.07) is 1.75. The van der Waals surface area contributed by atoms with Crippen molar-refractivity contribution in [1.82, 2.24) is 9.46 Å². The van der Waals surface area contributed by atoms with Crippen LogP contribution >= 0.6 is 0 Å². The molecule has 0 spiro atoms. The molecular formula is C7H11N3O3S. The van der Waals surface area contributed by atoms with Crippen LogP contribution in [0.3, 0.4) is 0 Å². The molecule has 0 radical (unpaired) electrons. The summed E-state index contributed by atoms with van der Waals surface area (Å²) in [5.74, 6) is 0.798. The van der Waals surface area contributed by atoms with Gasteiger partial charge < -0.3 is 4.52 Å². The second-order valence-corrected chi connectivity index (χ2v) is 4.85. The Morgan fingerprint density at radius 1 is 1.64 bits per heavy atom. The van der Waals surface area contributed by atoms with E-state index in [0.717, 1.165) is 12.2 Å². The van der Waals surface area contributed by atoms with E-state index in [9.17, 15) is 8.42 Å². The number of hydrogen-bond acceptors (Lipinski definition) is 4. The van der Waals surface area contributed by atoms with Crippen molar-refractivity contribution in [3.05, 3.63) is 18.0 Å². The average Bonchev–Trinajstić information content (AvgIpc) is 2.73. The highest BCUT2D eigenvalue weighted by atomic mass is 32.2. The first-order valence-electron chi connectivity index (χ1n) is 4.26. The van der Waals surface area contributed by atoms with Crippen LogP contribution in [-0.2, 0) is 10.2 Å². The SMILES string of the molecule is NS(=O)(=O)N1CCC(c2ccno2)C1. The summed E-state index contributed by atoms with van der Waals surface area (Å²) in [5, 5.41) is 8.59. The highest BCUT2D eigenvalue weighted by molar-refractivity contribution is 7.86. The van der Waals surface area contributed by atoms with E-state index in [1.54, 1.807) is 12.3 Å². The van der Waals surface area contributed by atoms with Gasteiger partial charge in [0.15, 0.2) is 0 Å². The zero-order valence-corrected chi connectivity index (χ0v) is 8.27. The summed E-state index contributed by atoms with van der Waals surface area (Å²) >= 11 is 0. The Hall–Kier alpha value is -0.920. The molecule has 1 aliphatic heterocycles. The summed E-state index contributed by atoms with van der Waals surface area (Å²) in [5.41, 5.74) is 0. The Kier molecular flexibility index (Phi) is 2.30. The molecule has 0 amide bonds. The number of nitrogens with zero attached hydrogens (tertiary/aromatic N) is 2. The van der Waals surface area contributed by atoms with Gasteiger partial charge in [0.2, 0.25) is 0 Å². The molecule has 78 valence electrons. The quantitative estimate of drug-likeness (QED) is 0.734. The molecule has 2 heterocycles. The standard InChI is InChI=1S/C7H11N3O3S/c8-14(11,12)10-4-2-6(5-10)7-1-3-9-13-7/h1,3,6H,2,4-5H2,(H2,8,11,12). The molecule has 7 heteroatoms. The van der Waals surface area contributed by atoms with Crippen molar-refractivity contribution in [2.75, 3.05) is 13.1 Å². The predicted molar refractivity (Wildman–Crippen MR) is 48.5 cm³/mol. The zero-order chi connectivity index (χ0) is 10.2. The Morgan fingerprint density at radius 3 is 2.93 bits per heavy atom. The predicted octanol–water partition coefficient (Wildman–Crippen LogP) is -0.333. The van der Waals surface area contributed by atoms with Crippen molar-refractivity contribution in [3.63, 3.8) is 0 Å². The normalized spacial score (nSPS) is 24.2. The summed E-state index contributed by atoms with van der Waals surface area (Å²) < 4.78 is 28.2.